The zero-order valence-electron chi connectivity index (χ0n) is 13.8. The van der Waals surface area contributed by atoms with Crippen molar-refractivity contribution in [2.24, 2.45) is 5.92 Å². The fraction of sp³-hybridized carbons (Fsp3) is 0.933. The molecule has 1 atom stereocenters. The van der Waals surface area contributed by atoms with Crippen molar-refractivity contribution in [1.82, 2.24) is 4.90 Å². The van der Waals surface area contributed by atoms with Crippen molar-refractivity contribution in [1.29, 1.82) is 0 Å². The van der Waals surface area contributed by atoms with Crippen molar-refractivity contribution in [2.75, 3.05) is 13.1 Å². The molecule has 0 bridgehead atoms. The van der Waals surface area contributed by atoms with Gasteiger partial charge in [0.15, 0.2) is 0 Å². The van der Waals surface area contributed by atoms with Crippen LogP contribution in [-0.4, -0.2) is 38.0 Å². The predicted octanol–water partition coefficient (Wildman–Crippen LogP) is 3.38. The van der Waals surface area contributed by atoms with Gasteiger partial charge in [0.05, 0.1) is 5.92 Å². The van der Waals surface area contributed by atoms with Crippen LogP contribution in [0.4, 0.5) is 0 Å². The molecule has 126 valence electrons. The van der Waals surface area contributed by atoms with Gasteiger partial charge in [-0.15, -0.1) is 24.8 Å². The molecule has 0 radical (unpaired) electrons. The van der Waals surface area contributed by atoms with E-state index in [1.165, 1.54) is 40.3 Å². The summed E-state index contributed by atoms with van der Waals surface area (Å²) in [4.78, 5) is 14.4. The third kappa shape index (κ3) is 9.65. The lowest BCUT2D eigenvalue weighted by atomic mass is 9.98. The van der Waals surface area contributed by atoms with Crippen LogP contribution in [0.3, 0.4) is 0 Å². The van der Waals surface area contributed by atoms with Crippen LogP contribution >= 0.6 is 24.8 Å². The standard InChI is InChI=1S/C15H30BNO2.2ClH/c1-3-5-7-13(15(18)19-16)10-12-17(11-6-4-2)14-8-9-14;;/h13-14H,3-12,16H2,1-2H3;2*1H. The normalized spacial score (nSPS) is 15.0. The lowest BCUT2D eigenvalue weighted by molar-refractivity contribution is -0.139. The van der Waals surface area contributed by atoms with Crippen LogP contribution in [0.25, 0.3) is 0 Å². The van der Waals surface area contributed by atoms with E-state index in [-0.39, 0.29) is 36.7 Å². The zero-order valence-corrected chi connectivity index (χ0v) is 15.4. The lowest BCUT2D eigenvalue weighted by Crippen LogP contribution is -2.31. The first-order valence-corrected chi connectivity index (χ1v) is 8.04. The molecule has 1 aliphatic carbocycles. The van der Waals surface area contributed by atoms with Gasteiger partial charge >= 0.3 is 8.05 Å². The fourth-order valence-electron chi connectivity index (χ4n) is 2.60. The lowest BCUT2D eigenvalue weighted by Gasteiger charge is -2.24. The van der Waals surface area contributed by atoms with E-state index in [9.17, 15) is 4.79 Å². The molecule has 1 saturated carbocycles. The van der Waals surface area contributed by atoms with Crippen LogP contribution < -0.4 is 0 Å². The minimum absolute atomic E-state index is 0. The Kier molecular flexibility index (Phi) is 15.2. The molecule has 6 heteroatoms. The van der Waals surface area contributed by atoms with E-state index in [2.05, 4.69) is 18.7 Å². The molecule has 1 aliphatic rings. The van der Waals surface area contributed by atoms with Crippen molar-refractivity contribution >= 4 is 38.8 Å². The Bertz CT molecular complexity index is 266. The van der Waals surface area contributed by atoms with Gasteiger partial charge < -0.3 is 9.55 Å². The minimum atomic E-state index is -0.0142. The molecule has 1 rings (SSSR count). The maximum atomic E-state index is 11.8. The third-order valence-corrected chi connectivity index (χ3v) is 4.07. The number of unbranched alkanes of at least 4 members (excludes halogenated alkanes) is 2. The summed E-state index contributed by atoms with van der Waals surface area (Å²) in [7, 11) is 1.51. The maximum absolute atomic E-state index is 11.8. The second-order valence-electron chi connectivity index (χ2n) is 5.77. The summed E-state index contributed by atoms with van der Waals surface area (Å²) in [6.07, 6.45) is 9.44. The molecule has 0 aromatic carbocycles. The highest BCUT2D eigenvalue weighted by molar-refractivity contribution is 6.05. The first-order valence-electron chi connectivity index (χ1n) is 8.04. The largest absolute Gasteiger partial charge is 0.543 e. The maximum Gasteiger partial charge on any atom is 0.325 e. The third-order valence-electron chi connectivity index (χ3n) is 4.07. The quantitative estimate of drug-likeness (QED) is 0.540. The molecule has 0 amide bonds. The highest BCUT2D eigenvalue weighted by Gasteiger charge is 2.29. The number of carbonyl (C=O) groups is 1. The fourth-order valence-corrected chi connectivity index (χ4v) is 2.60. The van der Waals surface area contributed by atoms with Crippen molar-refractivity contribution in [2.45, 2.75) is 71.3 Å². The van der Waals surface area contributed by atoms with Gasteiger partial charge in [0, 0.05) is 6.04 Å². The Balaban J connectivity index is 0. The van der Waals surface area contributed by atoms with Crippen LogP contribution in [0.1, 0.15) is 65.2 Å². The van der Waals surface area contributed by atoms with E-state index < -0.39 is 0 Å². The second kappa shape index (κ2) is 13.7. The molecule has 3 nitrogen and oxygen atoms in total. The number of hydrogen-bond donors (Lipinski definition) is 0. The number of carbonyl (C=O) groups excluding carboxylic acids is 1. The highest BCUT2D eigenvalue weighted by Crippen LogP contribution is 2.28. The van der Waals surface area contributed by atoms with Crippen LogP contribution in [0.5, 0.6) is 0 Å². The monoisotopic (exact) mass is 339 g/mol. The molecule has 0 aliphatic heterocycles. The van der Waals surface area contributed by atoms with E-state index in [0.717, 1.165) is 38.3 Å². The second-order valence-corrected chi connectivity index (χ2v) is 5.77. The van der Waals surface area contributed by atoms with E-state index in [0.29, 0.717) is 0 Å². The Hall–Kier alpha value is 0.0749. The average molecular weight is 340 g/mol. The molecular formula is C15H32BCl2NO2. The molecule has 0 saturated heterocycles. The van der Waals surface area contributed by atoms with Crippen molar-refractivity contribution in [3.8, 4) is 0 Å². The van der Waals surface area contributed by atoms with Gasteiger partial charge in [-0.25, -0.2) is 0 Å². The summed E-state index contributed by atoms with van der Waals surface area (Å²) in [6, 6.07) is 0.802. The minimum Gasteiger partial charge on any atom is -0.543 e. The van der Waals surface area contributed by atoms with Crippen molar-refractivity contribution < 1.29 is 9.45 Å². The van der Waals surface area contributed by atoms with Crippen LogP contribution in [0.15, 0.2) is 0 Å². The molecule has 0 heterocycles. The number of nitrogens with zero attached hydrogens (tertiary/aromatic N) is 1. The zero-order chi connectivity index (χ0) is 14.1. The molecule has 0 spiro atoms. The Labute approximate surface area is 143 Å². The summed E-state index contributed by atoms with van der Waals surface area (Å²) < 4.78 is 4.94. The summed E-state index contributed by atoms with van der Waals surface area (Å²) in [5, 5.41) is 0. The molecular weight excluding hydrogens is 308 g/mol. The van der Waals surface area contributed by atoms with Gasteiger partial charge in [0.25, 0.3) is 5.97 Å². The first kappa shape index (κ1) is 23.3. The topological polar surface area (TPSA) is 29.5 Å². The Morgan fingerprint density at radius 3 is 2.24 bits per heavy atom. The van der Waals surface area contributed by atoms with Gasteiger partial charge in [-0.1, -0.05) is 33.1 Å². The van der Waals surface area contributed by atoms with Crippen molar-refractivity contribution in [3.63, 3.8) is 0 Å². The van der Waals surface area contributed by atoms with Gasteiger partial charge in [-0.05, 0) is 45.2 Å². The van der Waals surface area contributed by atoms with E-state index in [1.54, 1.807) is 0 Å². The van der Waals surface area contributed by atoms with Gasteiger partial charge in [0.2, 0.25) is 0 Å². The van der Waals surface area contributed by atoms with E-state index in [1.807, 2.05) is 0 Å². The average Bonchev–Trinajstić information content (AvgIpc) is 3.25. The Morgan fingerprint density at radius 2 is 1.76 bits per heavy atom. The van der Waals surface area contributed by atoms with Gasteiger partial charge in [0.1, 0.15) is 0 Å². The number of hydrogen-bond acceptors (Lipinski definition) is 3. The van der Waals surface area contributed by atoms with Crippen molar-refractivity contribution in [3.05, 3.63) is 0 Å². The smallest absolute Gasteiger partial charge is 0.325 e. The van der Waals surface area contributed by atoms with Crippen LogP contribution in [0, 0.1) is 5.92 Å². The van der Waals surface area contributed by atoms with E-state index in [4.69, 9.17) is 4.65 Å². The molecule has 0 N–H and O–H groups in total. The number of halogens is 2. The predicted molar refractivity (Wildman–Crippen MR) is 96.3 cm³/mol. The first-order chi connectivity index (χ1) is 9.22. The van der Waals surface area contributed by atoms with Gasteiger partial charge in [-0.3, -0.25) is 4.79 Å². The summed E-state index contributed by atoms with van der Waals surface area (Å²) >= 11 is 0. The SMILES string of the molecule is BOC(=O)C(CCCC)CCN(CCCC)C1CC1.Cl.Cl. The summed E-state index contributed by atoms with van der Waals surface area (Å²) in [6.45, 7) is 6.67. The van der Waals surface area contributed by atoms with E-state index >= 15 is 0 Å². The summed E-state index contributed by atoms with van der Waals surface area (Å²) in [5.74, 6) is 0.0903. The summed E-state index contributed by atoms with van der Waals surface area (Å²) in [5.41, 5.74) is 0. The Morgan fingerprint density at radius 1 is 1.14 bits per heavy atom. The molecule has 1 unspecified atom stereocenters. The molecule has 0 aromatic rings. The van der Waals surface area contributed by atoms with Gasteiger partial charge in [-0.2, -0.15) is 0 Å². The molecule has 21 heavy (non-hydrogen) atoms. The highest BCUT2D eigenvalue weighted by atomic mass is 35.5. The molecule has 1 fully saturated rings. The van der Waals surface area contributed by atoms with Crippen LogP contribution in [-0.2, 0) is 9.45 Å². The van der Waals surface area contributed by atoms with Crippen LogP contribution in [0.2, 0.25) is 0 Å². The molecule has 0 aromatic heterocycles. The number of rotatable bonds is 11.